The van der Waals surface area contributed by atoms with Crippen molar-refractivity contribution in [2.75, 3.05) is 13.1 Å². The largest absolute Gasteiger partial charge is 0.316 e. The Bertz CT molecular complexity index is 444. The van der Waals surface area contributed by atoms with Gasteiger partial charge in [-0.25, -0.2) is 8.78 Å². The van der Waals surface area contributed by atoms with E-state index in [1.807, 2.05) is 13.8 Å². The molecule has 0 amide bonds. The molecule has 0 unspecified atom stereocenters. The summed E-state index contributed by atoms with van der Waals surface area (Å²) < 4.78 is 28.1. The monoisotopic (exact) mass is 347 g/mol. The van der Waals surface area contributed by atoms with Crippen LogP contribution in [0.5, 0.6) is 0 Å². The third-order valence-electron chi connectivity index (χ3n) is 3.33. The number of halogens is 3. The van der Waals surface area contributed by atoms with Crippen LogP contribution >= 0.6 is 15.9 Å². The summed E-state index contributed by atoms with van der Waals surface area (Å²) in [6.45, 7) is 10.2. The molecule has 0 heterocycles. The zero-order chi connectivity index (χ0) is 15.3. The average Bonchev–Trinajstić information content (AvgIpc) is 2.35. The first kappa shape index (κ1) is 17.6. The van der Waals surface area contributed by atoms with Crippen LogP contribution in [0.3, 0.4) is 0 Å². The lowest BCUT2D eigenvalue weighted by molar-refractivity contribution is 0.312. The molecule has 0 spiro atoms. The summed E-state index contributed by atoms with van der Waals surface area (Å²) in [5.41, 5.74) is 0.0279. The van der Waals surface area contributed by atoms with Gasteiger partial charge >= 0.3 is 0 Å². The van der Waals surface area contributed by atoms with E-state index in [4.69, 9.17) is 0 Å². The Kier molecular flexibility index (Phi) is 6.59. The summed E-state index contributed by atoms with van der Waals surface area (Å²) >= 11 is 3.11. The van der Waals surface area contributed by atoms with Crippen LogP contribution in [0.2, 0.25) is 0 Å². The van der Waals surface area contributed by atoms with E-state index in [0.717, 1.165) is 19.5 Å². The fourth-order valence-electron chi connectivity index (χ4n) is 2.12. The molecule has 0 fully saturated rings. The van der Waals surface area contributed by atoms with Crippen LogP contribution in [0.15, 0.2) is 16.6 Å². The summed E-state index contributed by atoms with van der Waals surface area (Å²) in [7, 11) is 0. The lowest BCUT2D eigenvalue weighted by Crippen LogP contribution is -2.27. The molecule has 0 saturated heterocycles. The average molecular weight is 348 g/mol. The molecule has 0 radical (unpaired) electrons. The standard InChI is InChI=1S/C16H24BrF2N/c1-11(2)10-20-8-7-16(3,4)9-12-14(18)6-5-13(17)15(12)19/h5-6,11,20H,7-10H2,1-4H3. The van der Waals surface area contributed by atoms with Crippen LogP contribution in [0.1, 0.15) is 39.7 Å². The van der Waals surface area contributed by atoms with Gasteiger partial charge in [0.25, 0.3) is 0 Å². The Morgan fingerprint density at radius 1 is 1.25 bits per heavy atom. The summed E-state index contributed by atoms with van der Waals surface area (Å²) in [5.74, 6) is -0.333. The van der Waals surface area contributed by atoms with Gasteiger partial charge in [-0.1, -0.05) is 27.7 Å². The van der Waals surface area contributed by atoms with Crippen LogP contribution in [0.25, 0.3) is 0 Å². The highest BCUT2D eigenvalue weighted by atomic mass is 79.9. The van der Waals surface area contributed by atoms with Crippen LogP contribution < -0.4 is 5.32 Å². The van der Waals surface area contributed by atoms with Crippen LogP contribution in [0, 0.1) is 23.0 Å². The SMILES string of the molecule is CC(C)CNCCC(C)(C)Cc1c(F)ccc(Br)c1F. The minimum Gasteiger partial charge on any atom is -0.316 e. The lowest BCUT2D eigenvalue weighted by Gasteiger charge is -2.26. The van der Waals surface area contributed by atoms with Crippen molar-refractivity contribution >= 4 is 15.9 Å². The van der Waals surface area contributed by atoms with Crippen LogP contribution in [0.4, 0.5) is 8.78 Å². The highest BCUT2D eigenvalue weighted by Gasteiger charge is 2.23. The second-order valence-electron chi connectivity index (χ2n) is 6.51. The molecule has 0 aliphatic heterocycles. The third kappa shape index (κ3) is 5.49. The Hall–Kier alpha value is -0.480. The normalized spacial score (nSPS) is 12.2. The molecule has 1 aromatic carbocycles. The second-order valence-corrected chi connectivity index (χ2v) is 7.37. The van der Waals surface area contributed by atoms with E-state index in [1.165, 1.54) is 12.1 Å². The van der Waals surface area contributed by atoms with E-state index in [1.54, 1.807) is 0 Å². The molecule has 1 rings (SSSR count). The van der Waals surface area contributed by atoms with Gasteiger partial charge in [0, 0.05) is 5.56 Å². The first-order chi connectivity index (χ1) is 9.23. The Labute approximate surface area is 129 Å². The molecule has 20 heavy (non-hydrogen) atoms. The number of hydrogen-bond donors (Lipinski definition) is 1. The highest BCUT2D eigenvalue weighted by molar-refractivity contribution is 9.10. The van der Waals surface area contributed by atoms with Crippen molar-refractivity contribution < 1.29 is 8.78 Å². The zero-order valence-electron chi connectivity index (χ0n) is 12.7. The van der Waals surface area contributed by atoms with Gasteiger partial charge in [0.1, 0.15) is 11.6 Å². The Morgan fingerprint density at radius 2 is 1.90 bits per heavy atom. The third-order valence-corrected chi connectivity index (χ3v) is 3.94. The summed E-state index contributed by atoms with van der Waals surface area (Å²) in [6.07, 6.45) is 1.28. The molecule has 0 atom stereocenters. The molecule has 114 valence electrons. The molecule has 1 N–H and O–H groups in total. The molecule has 0 saturated carbocycles. The fraction of sp³-hybridized carbons (Fsp3) is 0.625. The minimum absolute atomic E-state index is 0.146. The topological polar surface area (TPSA) is 12.0 Å². The van der Waals surface area contributed by atoms with E-state index < -0.39 is 11.6 Å². The smallest absolute Gasteiger partial charge is 0.143 e. The van der Waals surface area contributed by atoms with Crippen molar-refractivity contribution in [1.29, 1.82) is 0 Å². The number of nitrogens with one attached hydrogen (secondary N) is 1. The van der Waals surface area contributed by atoms with Crippen molar-refractivity contribution in [1.82, 2.24) is 5.32 Å². The van der Waals surface area contributed by atoms with Gasteiger partial charge in [-0.05, 0) is 65.3 Å². The Balaban J connectivity index is 2.64. The maximum absolute atomic E-state index is 14.0. The van der Waals surface area contributed by atoms with Crippen LogP contribution in [-0.2, 0) is 6.42 Å². The van der Waals surface area contributed by atoms with Gasteiger partial charge < -0.3 is 5.32 Å². The number of benzene rings is 1. The van der Waals surface area contributed by atoms with Gasteiger partial charge in [0.05, 0.1) is 4.47 Å². The van der Waals surface area contributed by atoms with Crippen molar-refractivity contribution in [2.24, 2.45) is 11.3 Å². The molecule has 0 aliphatic carbocycles. The predicted octanol–water partition coefficient (Wildman–Crippen LogP) is 4.93. The second kappa shape index (κ2) is 7.51. The van der Waals surface area contributed by atoms with E-state index in [0.29, 0.717) is 16.8 Å². The molecule has 4 heteroatoms. The summed E-state index contributed by atoms with van der Waals surface area (Å²) in [5, 5.41) is 3.37. The quantitative estimate of drug-likeness (QED) is 0.544. The van der Waals surface area contributed by atoms with Gasteiger partial charge in [-0.15, -0.1) is 0 Å². The molecule has 0 aliphatic rings. The number of hydrogen-bond acceptors (Lipinski definition) is 1. The molecule has 1 aromatic rings. The molecule has 0 aromatic heterocycles. The summed E-state index contributed by atoms with van der Waals surface area (Å²) in [4.78, 5) is 0. The lowest BCUT2D eigenvalue weighted by atomic mass is 9.82. The molecular weight excluding hydrogens is 324 g/mol. The molecule has 1 nitrogen and oxygen atoms in total. The van der Waals surface area contributed by atoms with E-state index in [9.17, 15) is 8.78 Å². The first-order valence-electron chi connectivity index (χ1n) is 7.06. The van der Waals surface area contributed by atoms with Gasteiger partial charge in [-0.3, -0.25) is 0 Å². The Morgan fingerprint density at radius 3 is 2.50 bits per heavy atom. The van der Waals surface area contributed by atoms with Gasteiger partial charge in [0.2, 0.25) is 0 Å². The van der Waals surface area contributed by atoms with Crippen LogP contribution in [-0.4, -0.2) is 13.1 Å². The molecule has 0 bridgehead atoms. The fourth-order valence-corrected chi connectivity index (χ4v) is 2.49. The van der Waals surface area contributed by atoms with E-state index in [-0.39, 0.29) is 11.0 Å². The minimum atomic E-state index is -0.479. The van der Waals surface area contributed by atoms with E-state index >= 15 is 0 Å². The van der Waals surface area contributed by atoms with Gasteiger partial charge in [-0.2, -0.15) is 0 Å². The summed E-state index contributed by atoms with van der Waals surface area (Å²) in [6, 6.07) is 2.72. The van der Waals surface area contributed by atoms with Crippen molar-refractivity contribution in [3.8, 4) is 0 Å². The van der Waals surface area contributed by atoms with Gasteiger partial charge in [0.15, 0.2) is 0 Å². The molecular formula is C16H24BrF2N. The maximum Gasteiger partial charge on any atom is 0.143 e. The van der Waals surface area contributed by atoms with Crippen molar-refractivity contribution in [3.63, 3.8) is 0 Å². The van der Waals surface area contributed by atoms with Crippen molar-refractivity contribution in [3.05, 3.63) is 33.8 Å². The predicted molar refractivity (Wildman–Crippen MR) is 83.9 cm³/mol. The zero-order valence-corrected chi connectivity index (χ0v) is 14.3. The van der Waals surface area contributed by atoms with Crippen molar-refractivity contribution in [2.45, 2.75) is 40.5 Å². The highest BCUT2D eigenvalue weighted by Crippen LogP contribution is 2.30. The number of rotatable bonds is 7. The van der Waals surface area contributed by atoms with E-state index in [2.05, 4.69) is 35.1 Å². The maximum atomic E-state index is 14.0. The first-order valence-corrected chi connectivity index (χ1v) is 7.85.